The molecular formula is C19H16ClN3O4. The van der Waals surface area contributed by atoms with Gasteiger partial charge in [-0.25, -0.2) is 9.69 Å². The lowest BCUT2D eigenvalue weighted by Crippen LogP contribution is -2.38. The second-order valence-electron chi connectivity index (χ2n) is 5.65. The Balaban J connectivity index is 1.72. The zero-order valence-electron chi connectivity index (χ0n) is 14.4. The number of carbonyl (C=O) groups is 3. The Morgan fingerprint density at radius 2 is 1.89 bits per heavy atom. The van der Waals surface area contributed by atoms with Gasteiger partial charge in [0.2, 0.25) is 5.91 Å². The minimum Gasteiger partial charge on any atom is -0.495 e. The predicted molar refractivity (Wildman–Crippen MR) is 101 cm³/mol. The van der Waals surface area contributed by atoms with Crippen LogP contribution in [0.3, 0.4) is 0 Å². The van der Waals surface area contributed by atoms with E-state index in [0.29, 0.717) is 22.0 Å². The molecule has 2 aromatic carbocycles. The van der Waals surface area contributed by atoms with E-state index in [1.807, 2.05) is 0 Å². The standard InChI is InChI=1S/C19H16ClN3O4/c1-27-16-9-5-4-8-14(16)21-17(24)11-23-18(25)15(22-19(23)26)10-12-6-2-3-7-13(12)20/h2-10H,11H2,1H3,(H,21,24)(H,22,26)/b15-10+. The van der Waals surface area contributed by atoms with Crippen molar-refractivity contribution >= 4 is 41.2 Å². The van der Waals surface area contributed by atoms with E-state index in [9.17, 15) is 14.4 Å². The van der Waals surface area contributed by atoms with Gasteiger partial charge in [-0.1, -0.05) is 41.9 Å². The first-order chi connectivity index (χ1) is 13.0. The first-order valence-corrected chi connectivity index (χ1v) is 8.39. The summed E-state index contributed by atoms with van der Waals surface area (Å²) >= 11 is 6.07. The molecule has 1 fully saturated rings. The third-order valence-electron chi connectivity index (χ3n) is 3.85. The fourth-order valence-corrected chi connectivity index (χ4v) is 2.73. The van der Waals surface area contributed by atoms with Crippen LogP contribution in [0.15, 0.2) is 54.2 Å². The van der Waals surface area contributed by atoms with Crippen LogP contribution < -0.4 is 15.4 Å². The third kappa shape index (κ3) is 4.09. The van der Waals surface area contributed by atoms with Crippen LogP contribution >= 0.6 is 11.6 Å². The number of carbonyl (C=O) groups excluding carboxylic acids is 3. The van der Waals surface area contributed by atoms with Gasteiger partial charge in [0.15, 0.2) is 0 Å². The molecule has 0 atom stereocenters. The van der Waals surface area contributed by atoms with Crippen LogP contribution in [-0.4, -0.2) is 36.4 Å². The number of hydrogen-bond acceptors (Lipinski definition) is 4. The Labute approximate surface area is 160 Å². The van der Waals surface area contributed by atoms with Crippen LogP contribution in [0.4, 0.5) is 10.5 Å². The summed E-state index contributed by atoms with van der Waals surface area (Å²) in [6, 6.07) is 13.1. The van der Waals surface area contributed by atoms with Gasteiger partial charge in [0, 0.05) is 5.02 Å². The van der Waals surface area contributed by atoms with E-state index < -0.39 is 24.4 Å². The molecule has 1 heterocycles. The van der Waals surface area contributed by atoms with E-state index in [1.165, 1.54) is 13.2 Å². The van der Waals surface area contributed by atoms with E-state index in [1.54, 1.807) is 48.5 Å². The van der Waals surface area contributed by atoms with Crippen molar-refractivity contribution in [3.8, 4) is 5.75 Å². The average molecular weight is 386 g/mol. The summed E-state index contributed by atoms with van der Waals surface area (Å²) in [5.74, 6) is -0.653. The molecule has 7 nitrogen and oxygen atoms in total. The van der Waals surface area contributed by atoms with Gasteiger partial charge < -0.3 is 15.4 Å². The van der Waals surface area contributed by atoms with E-state index in [2.05, 4.69) is 10.6 Å². The zero-order valence-corrected chi connectivity index (χ0v) is 15.1. The molecule has 1 aliphatic heterocycles. The number of para-hydroxylation sites is 2. The Bertz CT molecular complexity index is 942. The molecule has 2 N–H and O–H groups in total. The van der Waals surface area contributed by atoms with Crippen molar-refractivity contribution in [3.05, 3.63) is 64.8 Å². The van der Waals surface area contributed by atoms with Crippen LogP contribution in [0.25, 0.3) is 6.08 Å². The second-order valence-corrected chi connectivity index (χ2v) is 6.06. The summed E-state index contributed by atoms with van der Waals surface area (Å²) < 4.78 is 5.16. The van der Waals surface area contributed by atoms with Crippen molar-refractivity contribution in [1.29, 1.82) is 0 Å². The van der Waals surface area contributed by atoms with Crippen LogP contribution in [0.1, 0.15) is 5.56 Å². The molecule has 0 spiro atoms. The maximum atomic E-state index is 12.5. The Morgan fingerprint density at radius 3 is 2.63 bits per heavy atom. The number of hydrogen-bond donors (Lipinski definition) is 2. The van der Waals surface area contributed by atoms with Gasteiger partial charge >= 0.3 is 6.03 Å². The number of amides is 4. The van der Waals surface area contributed by atoms with Crippen molar-refractivity contribution in [2.45, 2.75) is 0 Å². The molecule has 0 aliphatic carbocycles. The van der Waals surface area contributed by atoms with Crippen LogP contribution in [-0.2, 0) is 9.59 Å². The lowest BCUT2D eigenvalue weighted by Gasteiger charge is -2.13. The summed E-state index contributed by atoms with van der Waals surface area (Å²) in [6.45, 7) is -0.428. The number of halogens is 1. The lowest BCUT2D eigenvalue weighted by atomic mass is 10.2. The molecule has 0 radical (unpaired) electrons. The largest absolute Gasteiger partial charge is 0.495 e. The van der Waals surface area contributed by atoms with Crippen molar-refractivity contribution < 1.29 is 19.1 Å². The monoisotopic (exact) mass is 385 g/mol. The molecule has 8 heteroatoms. The van der Waals surface area contributed by atoms with Gasteiger partial charge in [0.05, 0.1) is 12.8 Å². The number of rotatable bonds is 5. The molecule has 0 saturated carbocycles. The van der Waals surface area contributed by atoms with Gasteiger partial charge in [-0.15, -0.1) is 0 Å². The highest BCUT2D eigenvalue weighted by molar-refractivity contribution is 6.32. The number of nitrogens with one attached hydrogen (secondary N) is 2. The third-order valence-corrected chi connectivity index (χ3v) is 4.19. The molecule has 3 rings (SSSR count). The molecule has 138 valence electrons. The fourth-order valence-electron chi connectivity index (χ4n) is 2.54. The van der Waals surface area contributed by atoms with Crippen LogP contribution in [0.2, 0.25) is 5.02 Å². The molecule has 27 heavy (non-hydrogen) atoms. The number of anilines is 1. The zero-order chi connectivity index (χ0) is 19.4. The highest BCUT2D eigenvalue weighted by Crippen LogP contribution is 2.23. The second kappa shape index (κ2) is 7.92. The minimum absolute atomic E-state index is 0.0539. The van der Waals surface area contributed by atoms with E-state index in [4.69, 9.17) is 16.3 Å². The van der Waals surface area contributed by atoms with Crippen molar-refractivity contribution in [2.24, 2.45) is 0 Å². The molecule has 1 saturated heterocycles. The summed E-state index contributed by atoms with van der Waals surface area (Å²) in [6.07, 6.45) is 1.47. The molecule has 1 aliphatic rings. The quantitative estimate of drug-likeness (QED) is 0.612. The lowest BCUT2D eigenvalue weighted by molar-refractivity contribution is -0.127. The van der Waals surface area contributed by atoms with E-state index >= 15 is 0 Å². The molecule has 0 bridgehead atoms. The topological polar surface area (TPSA) is 87.7 Å². The number of urea groups is 1. The van der Waals surface area contributed by atoms with Crippen LogP contribution in [0, 0.1) is 0 Å². The number of nitrogens with zero attached hydrogens (tertiary/aromatic N) is 1. The first kappa shape index (κ1) is 18.5. The maximum Gasteiger partial charge on any atom is 0.329 e. The normalized spacial score (nSPS) is 15.0. The summed E-state index contributed by atoms with van der Waals surface area (Å²) in [4.78, 5) is 37.7. The Hall–Kier alpha value is -3.32. The van der Waals surface area contributed by atoms with Gasteiger partial charge in [0.25, 0.3) is 5.91 Å². The van der Waals surface area contributed by atoms with Gasteiger partial charge in [-0.05, 0) is 29.8 Å². The first-order valence-electron chi connectivity index (χ1n) is 8.01. The number of benzene rings is 2. The van der Waals surface area contributed by atoms with Gasteiger partial charge in [-0.2, -0.15) is 0 Å². The fraction of sp³-hybridized carbons (Fsp3) is 0.105. The maximum absolute atomic E-state index is 12.5. The highest BCUT2D eigenvalue weighted by atomic mass is 35.5. The predicted octanol–water partition coefficient (Wildman–Crippen LogP) is 2.88. The average Bonchev–Trinajstić information content (AvgIpc) is 2.91. The summed E-state index contributed by atoms with van der Waals surface area (Å²) in [5, 5.41) is 5.53. The molecule has 4 amide bonds. The van der Waals surface area contributed by atoms with Crippen LogP contribution in [0.5, 0.6) is 5.75 Å². The highest BCUT2D eigenvalue weighted by Gasteiger charge is 2.35. The van der Waals surface area contributed by atoms with Crippen molar-refractivity contribution in [1.82, 2.24) is 10.2 Å². The summed E-state index contributed by atoms with van der Waals surface area (Å²) in [7, 11) is 1.48. The van der Waals surface area contributed by atoms with Crippen molar-refractivity contribution in [3.63, 3.8) is 0 Å². The molecule has 0 aromatic heterocycles. The number of imide groups is 1. The Kier molecular flexibility index (Phi) is 5.42. The van der Waals surface area contributed by atoms with Gasteiger partial charge in [-0.3, -0.25) is 9.59 Å². The number of ether oxygens (including phenoxy) is 1. The van der Waals surface area contributed by atoms with Crippen molar-refractivity contribution in [2.75, 3.05) is 19.0 Å². The molecular weight excluding hydrogens is 370 g/mol. The van der Waals surface area contributed by atoms with E-state index in [0.717, 1.165) is 4.90 Å². The molecule has 0 unspecified atom stereocenters. The number of methoxy groups -OCH3 is 1. The SMILES string of the molecule is COc1ccccc1NC(=O)CN1C(=O)N/C(=C/c2ccccc2Cl)C1=O. The summed E-state index contributed by atoms with van der Waals surface area (Å²) in [5.41, 5.74) is 1.09. The van der Waals surface area contributed by atoms with Gasteiger partial charge in [0.1, 0.15) is 18.0 Å². The smallest absolute Gasteiger partial charge is 0.329 e. The minimum atomic E-state index is -0.673. The van der Waals surface area contributed by atoms with E-state index in [-0.39, 0.29) is 5.70 Å². The Morgan fingerprint density at radius 1 is 1.19 bits per heavy atom. The molecule has 2 aromatic rings.